The lowest BCUT2D eigenvalue weighted by Gasteiger charge is -2.03. The molecule has 0 atom stereocenters. The molecule has 0 fully saturated rings. The van der Waals surface area contributed by atoms with E-state index in [-0.39, 0.29) is 6.42 Å². The Bertz CT molecular complexity index is 402. The minimum absolute atomic E-state index is 0.170. The molecule has 1 rings (SSSR count). The Hall–Kier alpha value is -1.68. The molecule has 0 radical (unpaired) electrons. The maximum atomic E-state index is 13.0. The van der Waals surface area contributed by atoms with Crippen molar-refractivity contribution in [1.82, 2.24) is 5.32 Å². The molecule has 0 saturated carbocycles. The molecule has 86 valence electrons. The summed E-state index contributed by atoms with van der Waals surface area (Å²) in [5.41, 5.74) is 1.22. The van der Waals surface area contributed by atoms with E-state index in [1.165, 1.54) is 12.1 Å². The van der Waals surface area contributed by atoms with Crippen molar-refractivity contribution in [3.63, 3.8) is 0 Å². The highest BCUT2D eigenvalue weighted by atomic mass is 19.1. The van der Waals surface area contributed by atoms with E-state index in [0.717, 1.165) is 5.56 Å². The molecular formula is C12H14FNO2. The minimum Gasteiger partial charge on any atom is -0.481 e. The van der Waals surface area contributed by atoms with Crippen molar-refractivity contribution < 1.29 is 14.3 Å². The molecule has 0 aliphatic heterocycles. The van der Waals surface area contributed by atoms with Gasteiger partial charge in [-0.25, -0.2) is 4.39 Å². The maximum Gasteiger partial charge on any atom is 0.307 e. The third kappa shape index (κ3) is 3.82. The molecule has 0 amide bonds. The largest absolute Gasteiger partial charge is 0.481 e. The molecule has 0 aliphatic carbocycles. The lowest BCUT2D eigenvalue weighted by atomic mass is 10.0. The van der Waals surface area contributed by atoms with Crippen molar-refractivity contribution in [3.8, 4) is 0 Å². The number of carboxylic acid groups (broad SMARTS) is 1. The third-order valence-electron chi connectivity index (χ3n) is 2.07. The number of aliphatic carboxylic acids is 1. The van der Waals surface area contributed by atoms with E-state index in [4.69, 9.17) is 5.11 Å². The Morgan fingerprint density at radius 3 is 2.94 bits per heavy atom. The summed E-state index contributed by atoms with van der Waals surface area (Å²) in [6, 6.07) is 4.16. The summed E-state index contributed by atoms with van der Waals surface area (Å²) in [6.45, 7) is 0.684. The molecular weight excluding hydrogens is 209 g/mol. The van der Waals surface area contributed by atoms with E-state index >= 15 is 0 Å². The van der Waals surface area contributed by atoms with E-state index in [1.54, 1.807) is 12.1 Å². The average Bonchev–Trinajstić information content (AvgIpc) is 2.20. The van der Waals surface area contributed by atoms with Gasteiger partial charge >= 0.3 is 5.97 Å². The fourth-order valence-corrected chi connectivity index (χ4v) is 1.36. The fourth-order valence-electron chi connectivity index (χ4n) is 1.36. The van der Waals surface area contributed by atoms with Crippen LogP contribution in [0.1, 0.15) is 11.1 Å². The molecule has 0 bridgehead atoms. The minimum atomic E-state index is -0.964. The number of carboxylic acids is 1. The van der Waals surface area contributed by atoms with Crippen molar-refractivity contribution >= 4 is 12.0 Å². The molecule has 1 aromatic rings. The number of nitrogens with one attached hydrogen (secondary N) is 1. The summed E-state index contributed by atoms with van der Waals surface area (Å²) >= 11 is 0. The van der Waals surface area contributed by atoms with Gasteiger partial charge in [0.25, 0.3) is 0 Å². The van der Waals surface area contributed by atoms with E-state index < -0.39 is 11.8 Å². The number of rotatable bonds is 5. The number of halogens is 1. The molecule has 0 saturated heterocycles. The molecule has 2 N–H and O–H groups in total. The lowest BCUT2D eigenvalue weighted by Crippen LogP contribution is -2.05. The zero-order valence-corrected chi connectivity index (χ0v) is 9.03. The van der Waals surface area contributed by atoms with Crippen molar-refractivity contribution in [2.24, 2.45) is 0 Å². The average molecular weight is 223 g/mol. The second-order valence-electron chi connectivity index (χ2n) is 3.37. The predicted molar refractivity (Wildman–Crippen MR) is 60.7 cm³/mol. The maximum absolute atomic E-state index is 13.0. The highest BCUT2D eigenvalue weighted by molar-refractivity contribution is 5.72. The van der Waals surface area contributed by atoms with E-state index in [2.05, 4.69) is 5.32 Å². The predicted octanol–water partition coefficient (Wildman–Crippen LogP) is 1.69. The highest BCUT2D eigenvalue weighted by Crippen LogP contribution is 2.14. The van der Waals surface area contributed by atoms with Crippen LogP contribution in [0.25, 0.3) is 6.08 Å². The highest BCUT2D eigenvalue weighted by Gasteiger charge is 2.06. The molecule has 16 heavy (non-hydrogen) atoms. The summed E-state index contributed by atoms with van der Waals surface area (Å²) in [7, 11) is 1.81. The van der Waals surface area contributed by atoms with Crippen LogP contribution in [0, 0.1) is 5.82 Å². The molecule has 0 unspecified atom stereocenters. The molecule has 0 aromatic heterocycles. The van der Waals surface area contributed by atoms with Crippen molar-refractivity contribution in [2.45, 2.75) is 6.42 Å². The summed E-state index contributed by atoms with van der Waals surface area (Å²) in [6.07, 6.45) is 3.48. The van der Waals surface area contributed by atoms with E-state index in [1.807, 2.05) is 13.1 Å². The van der Waals surface area contributed by atoms with Crippen molar-refractivity contribution in [2.75, 3.05) is 13.6 Å². The molecule has 0 spiro atoms. The van der Waals surface area contributed by atoms with Gasteiger partial charge in [0.1, 0.15) is 5.82 Å². The zero-order valence-electron chi connectivity index (χ0n) is 9.03. The zero-order chi connectivity index (χ0) is 12.0. The van der Waals surface area contributed by atoms with Gasteiger partial charge in [-0.1, -0.05) is 18.2 Å². The quantitative estimate of drug-likeness (QED) is 0.798. The van der Waals surface area contributed by atoms with Crippen LogP contribution in [0.3, 0.4) is 0 Å². The van der Waals surface area contributed by atoms with Crippen LogP contribution in [-0.2, 0) is 11.2 Å². The fraction of sp³-hybridized carbons (Fsp3) is 0.250. The monoisotopic (exact) mass is 223 g/mol. The van der Waals surface area contributed by atoms with Gasteiger partial charge in [0.05, 0.1) is 6.42 Å². The summed E-state index contributed by atoms with van der Waals surface area (Å²) in [4.78, 5) is 10.6. The normalized spacial score (nSPS) is 10.9. The van der Waals surface area contributed by atoms with Crippen LogP contribution in [-0.4, -0.2) is 24.7 Å². The number of hydrogen-bond donors (Lipinski definition) is 2. The standard InChI is InChI=1S/C12H14FNO2/c1-14-6-2-3-9-4-5-11(13)7-10(9)8-12(15)16/h2-5,7,14H,6,8H2,1H3,(H,15,16). The first-order chi connectivity index (χ1) is 7.63. The van der Waals surface area contributed by atoms with E-state index in [9.17, 15) is 9.18 Å². The lowest BCUT2D eigenvalue weighted by molar-refractivity contribution is -0.136. The van der Waals surface area contributed by atoms with Gasteiger partial charge in [-0.3, -0.25) is 4.79 Å². The molecule has 4 heteroatoms. The van der Waals surface area contributed by atoms with Crippen LogP contribution in [0.5, 0.6) is 0 Å². The number of likely N-dealkylation sites (N-methyl/N-ethyl adjacent to an activating group) is 1. The van der Waals surface area contributed by atoms with Gasteiger partial charge in [0.2, 0.25) is 0 Å². The summed E-state index contributed by atoms with van der Waals surface area (Å²) in [5.74, 6) is -1.38. The van der Waals surface area contributed by atoms with Crippen LogP contribution in [0.4, 0.5) is 4.39 Å². The first-order valence-corrected chi connectivity index (χ1v) is 4.95. The van der Waals surface area contributed by atoms with Gasteiger partial charge in [0, 0.05) is 6.54 Å². The second-order valence-corrected chi connectivity index (χ2v) is 3.37. The Morgan fingerprint density at radius 1 is 1.56 bits per heavy atom. The SMILES string of the molecule is CNCC=Cc1ccc(F)cc1CC(=O)O. The van der Waals surface area contributed by atoms with Crippen molar-refractivity contribution in [3.05, 3.63) is 41.2 Å². The van der Waals surface area contributed by atoms with E-state index in [0.29, 0.717) is 12.1 Å². The van der Waals surface area contributed by atoms with Crippen molar-refractivity contribution in [1.29, 1.82) is 0 Å². The second kappa shape index (κ2) is 6.02. The van der Waals surface area contributed by atoms with Gasteiger partial charge in [-0.15, -0.1) is 0 Å². The Balaban J connectivity index is 2.93. The summed E-state index contributed by atoms with van der Waals surface area (Å²) < 4.78 is 13.0. The van der Waals surface area contributed by atoms with Crippen LogP contribution in [0.15, 0.2) is 24.3 Å². The molecule has 3 nitrogen and oxygen atoms in total. The molecule has 0 heterocycles. The Morgan fingerprint density at radius 2 is 2.31 bits per heavy atom. The third-order valence-corrected chi connectivity index (χ3v) is 2.07. The smallest absolute Gasteiger partial charge is 0.307 e. The first kappa shape index (κ1) is 12.4. The number of carbonyl (C=O) groups is 1. The molecule has 1 aromatic carbocycles. The van der Waals surface area contributed by atoms with Crippen LogP contribution in [0.2, 0.25) is 0 Å². The van der Waals surface area contributed by atoms with Gasteiger partial charge < -0.3 is 10.4 Å². The topological polar surface area (TPSA) is 49.3 Å². The van der Waals surface area contributed by atoms with Crippen LogP contribution < -0.4 is 5.32 Å². The Kier molecular flexibility index (Phi) is 4.66. The molecule has 0 aliphatic rings. The van der Waals surface area contributed by atoms with Crippen LogP contribution >= 0.6 is 0 Å². The number of hydrogen-bond acceptors (Lipinski definition) is 2. The van der Waals surface area contributed by atoms with Gasteiger partial charge in [-0.2, -0.15) is 0 Å². The van der Waals surface area contributed by atoms with Gasteiger partial charge in [0.15, 0.2) is 0 Å². The van der Waals surface area contributed by atoms with Gasteiger partial charge in [-0.05, 0) is 30.3 Å². The number of benzene rings is 1. The Labute approximate surface area is 93.6 Å². The summed E-state index contributed by atoms with van der Waals surface area (Å²) in [5, 5.41) is 11.6. The first-order valence-electron chi connectivity index (χ1n) is 4.95.